The molecule has 62 heavy (non-hydrogen) atoms. The van der Waals surface area contributed by atoms with Crippen LogP contribution in [0.3, 0.4) is 0 Å². The van der Waals surface area contributed by atoms with E-state index in [1.165, 1.54) is 5.19 Å². The SMILES string of the molecule is COc1ccc([Si](C)(C)[C@@H]2[C@@H](CCO)O[C@]3(C(=O)N(Cc4cccc(NC(=O)Cc5c[nH]c6ccccc56)c4)c4ccc(NC(=O)Cc5c[nH]c6ccccc56)cc43)[C@H]2C)cc1. The molecule has 0 bridgehead atoms. The molecular formula is C50H51N5O6Si. The van der Waals surface area contributed by atoms with Crippen LogP contribution in [-0.4, -0.2) is 60.7 Å². The van der Waals surface area contributed by atoms with Crippen molar-refractivity contribution >= 4 is 69.9 Å². The minimum Gasteiger partial charge on any atom is -0.497 e. The van der Waals surface area contributed by atoms with Crippen LogP contribution in [0.2, 0.25) is 18.6 Å². The number of fused-ring (bicyclic) bond motifs is 4. The van der Waals surface area contributed by atoms with Gasteiger partial charge in [-0.05, 0) is 83.2 Å². The number of aromatic amines is 2. The Kier molecular flexibility index (Phi) is 10.8. The third kappa shape index (κ3) is 7.27. The van der Waals surface area contributed by atoms with Crippen LogP contribution < -0.4 is 25.5 Å². The van der Waals surface area contributed by atoms with Crippen molar-refractivity contribution in [2.24, 2.45) is 5.92 Å². The average molecular weight is 846 g/mol. The molecule has 12 heteroatoms. The van der Waals surface area contributed by atoms with Gasteiger partial charge in [0.1, 0.15) is 5.75 Å². The van der Waals surface area contributed by atoms with Crippen molar-refractivity contribution in [1.29, 1.82) is 0 Å². The number of methoxy groups -OCH3 is 1. The molecule has 2 aromatic heterocycles. The Morgan fingerprint density at radius 3 is 2.03 bits per heavy atom. The molecule has 1 spiro atoms. The molecule has 11 nitrogen and oxygen atoms in total. The number of aromatic nitrogens is 2. The second-order valence-corrected chi connectivity index (χ2v) is 21.8. The Morgan fingerprint density at radius 1 is 0.806 bits per heavy atom. The van der Waals surface area contributed by atoms with Crippen molar-refractivity contribution in [2.75, 3.05) is 29.3 Å². The summed E-state index contributed by atoms with van der Waals surface area (Å²) in [5.41, 5.74) is 5.69. The van der Waals surface area contributed by atoms with Gasteiger partial charge >= 0.3 is 0 Å². The van der Waals surface area contributed by atoms with E-state index in [4.69, 9.17) is 9.47 Å². The van der Waals surface area contributed by atoms with Gasteiger partial charge in [0.15, 0.2) is 5.60 Å². The number of aliphatic hydroxyl groups excluding tert-OH is 1. The fourth-order valence-corrected chi connectivity index (χ4v) is 14.2. The quantitative estimate of drug-likeness (QED) is 0.0740. The monoisotopic (exact) mass is 845 g/mol. The fourth-order valence-electron chi connectivity index (χ4n) is 10.2. The molecule has 2 aliphatic heterocycles. The number of anilines is 3. The molecule has 5 N–H and O–H groups in total. The van der Waals surface area contributed by atoms with Gasteiger partial charge in [-0.25, -0.2) is 0 Å². The molecular weight excluding hydrogens is 795 g/mol. The summed E-state index contributed by atoms with van der Waals surface area (Å²) in [7, 11) is -0.774. The van der Waals surface area contributed by atoms with Gasteiger partial charge in [-0.1, -0.05) is 85.9 Å². The minimum absolute atomic E-state index is 0.0596. The summed E-state index contributed by atoms with van der Waals surface area (Å²) in [4.78, 5) is 50.7. The Hall–Kier alpha value is -6.47. The highest BCUT2D eigenvalue weighted by Gasteiger charge is 2.66. The number of carbonyl (C=O) groups excluding carboxylic acids is 3. The predicted octanol–water partition coefficient (Wildman–Crippen LogP) is 8.17. The summed E-state index contributed by atoms with van der Waals surface area (Å²) in [5.74, 6) is -0.0544. The Labute approximate surface area is 361 Å². The van der Waals surface area contributed by atoms with E-state index in [0.29, 0.717) is 29.0 Å². The van der Waals surface area contributed by atoms with Crippen LogP contribution in [0.1, 0.15) is 35.6 Å². The highest BCUT2D eigenvalue weighted by atomic mass is 28.3. The van der Waals surface area contributed by atoms with Gasteiger partial charge in [0.2, 0.25) is 11.8 Å². The van der Waals surface area contributed by atoms with Crippen molar-refractivity contribution in [1.82, 2.24) is 9.97 Å². The van der Waals surface area contributed by atoms with Crippen LogP contribution in [0, 0.1) is 5.92 Å². The summed E-state index contributed by atoms with van der Waals surface area (Å²) < 4.78 is 12.6. The summed E-state index contributed by atoms with van der Waals surface area (Å²) >= 11 is 0. The van der Waals surface area contributed by atoms with Gasteiger partial charge in [0.05, 0.1) is 46.4 Å². The zero-order valence-electron chi connectivity index (χ0n) is 35.3. The summed E-state index contributed by atoms with van der Waals surface area (Å²) in [6.45, 7) is 6.85. The highest BCUT2D eigenvalue weighted by Crippen LogP contribution is 2.60. The lowest BCUT2D eigenvalue weighted by Gasteiger charge is -2.37. The van der Waals surface area contributed by atoms with Gasteiger partial charge in [0, 0.05) is 63.7 Å². The van der Waals surface area contributed by atoms with E-state index in [1.54, 1.807) is 12.0 Å². The van der Waals surface area contributed by atoms with Gasteiger partial charge in [-0.3, -0.25) is 14.4 Å². The largest absolute Gasteiger partial charge is 0.497 e. The summed E-state index contributed by atoms with van der Waals surface area (Å²) in [6, 6.07) is 37.2. The molecule has 7 aromatic rings. The third-order valence-corrected chi connectivity index (χ3v) is 17.5. The third-order valence-electron chi connectivity index (χ3n) is 13.1. The maximum absolute atomic E-state index is 15.4. The number of benzene rings is 5. The maximum atomic E-state index is 15.4. The molecule has 4 atom stereocenters. The molecule has 0 saturated carbocycles. The maximum Gasteiger partial charge on any atom is 0.264 e. The van der Waals surface area contributed by atoms with Crippen LogP contribution in [-0.2, 0) is 44.1 Å². The number of amides is 3. The Bertz CT molecular complexity index is 2810. The number of aliphatic hydroxyl groups is 1. The topological polar surface area (TPSA) is 149 Å². The standard InChI is InChI=1S/C50H51N5O6Si/c1-31-48(62(3,4)38-19-17-37(60-2)18-20-38)45(22-23-56)61-50(31)41-27-36(54-47(58)26-34-29-52-43-15-8-6-13-40(34)43)16-21-44(41)55(49(50)59)30-32-10-9-11-35(24-32)53-46(57)25-33-28-51-42-14-7-5-12-39(33)42/h5-21,24,27-29,31,45,48,51-52,56H,22-23,25-26,30H2,1-4H3,(H,53,57)(H,54,58)/t31-,45+,48-,50+/m0/s1. The first-order valence-corrected chi connectivity index (χ1v) is 24.3. The van der Waals surface area contributed by atoms with Crippen LogP contribution >= 0.6 is 0 Å². The van der Waals surface area contributed by atoms with E-state index in [1.807, 2.05) is 116 Å². The second-order valence-electron chi connectivity index (χ2n) is 17.2. The number of hydrogen-bond acceptors (Lipinski definition) is 6. The first-order valence-electron chi connectivity index (χ1n) is 21.2. The number of carbonyl (C=O) groups is 3. The molecule has 4 heterocycles. The van der Waals surface area contributed by atoms with Crippen molar-refractivity contribution < 1.29 is 29.0 Å². The lowest BCUT2D eigenvalue weighted by Crippen LogP contribution is -2.51. The molecule has 1 saturated heterocycles. The fraction of sp³-hybridized carbons (Fsp3) is 0.260. The van der Waals surface area contributed by atoms with E-state index in [-0.39, 0.29) is 55.2 Å². The van der Waals surface area contributed by atoms with Crippen LogP contribution in [0.15, 0.2) is 128 Å². The lowest BCUT2D eigenvalue weighted by atomic mass is 9.82. The van der Waals surface area contributed by atoms with Crippen LogP contribution in [0.4, 0.5) is 17.1 Å². The van der Waals surface area contributed by atoms with Crippen molar-refractivity contribution in [3.05, 3.63) is 150 Å². The van der Waals surface area contributed by atoms with Crippen molar-refractivity contribution in [2.45, 2.75) is 63.1 Å². The van der Waals surface area contributed by atoms with E-state index in [9.17, 15) is 14.7 Å². The van der Waals surface area contributed by atoms with Crippen LogP contribution in [0.5, 0.6) is 5.75 Å². The highest BCUT2D eigenvalue weighted by molar-refractivity contribution is 6.91. The summed E-state index contributed by atoms with van der Waals surface area (Å²) in [6.07, 6.45) is 4.07. The summed E-state index contributed by atoms with van der Waals surface area (Å²) in [5, 5.41) is 19.8. The van der Waals surface area contributed by atoms with E-state index in [0.717, 1.165) is 44.2 Å². The number of ether oxygens (including phenoxy) is 2. The molecule has 1 fully saturated rings. The first kappa shape index (κ1) is 40.9. The molecule has 5 aromatic carbocycles. The van der Waals surface area contributed by atoms with Crippen molar-refractivity contribution in [3.8, 4) is 5.75 Å². The Morgan fingerprint density at radius 2 is 1.42 bits per heavy atom. The van der Waals surface area contributed by atoms with E-state index in [2.05, 4.69) is 52.8 Å². The Balaban J connectivity index is 1.04. The molecule has 0 unspecified atom stereocenters. The molecule has 9 rings (SSSR count). The number of para-hydroxylation sites is 2. The lowest BCUT2D eigenvalue weighted by molar-refractivity contribution is -0.146. The van der Waals surface area contributed by atoms with E-state index < -0.39 is 19.8 Å². The second kappa shape index (κ2) is 16.4. The number of hydrogen-bond donors (Lipinski definition) is 5. The van der Waals surface area contributed by atoms with E-state index >= 15 is 4.79 Å². The molecule has 3 amide bonds. The van der Waals surface area contributed by atoms with Gasteiger partial charge < -0.3 is 40.1 Å². The smallest absolute Gasteiger partial charge is 0.264 e. The molecule has 0 radical (unpaired) electrons. The van der Waals surface area contributed by atoms with Crippen molar-refractivity contribution in [3.63, 3.8) is 0 Å². The van der Waals surface area contributed by atoms with Gasteiger partial charge in [0.25, 0.3) is 5.91 Å². The van der Waals surface area contributed by atoms with Gasteiger partial charge in [-0.15, -0.1) is 0 Å². The zero-order valence-corrected chi connectivity index (χ0v) is 36.3. The first-order chi connectivity index (χ1) is 30.0. The number of nitrogens with zero attached hydrogens (tertiary/aromatic N) is 1. The van der Waals surface area contributed by atoms with Crippen LogP contribution in [0.25, 0.3) is 21.8 Å². The average Bonchev–Trinajstić information content (AvgIpc) is 4.01. The molecule has 0 aliphatic carbocycles. The predicted molar refractivity (Wildman–Crippen MR) is 247 cm³/mol. The number of nitrogens with one attached hydrogen (secondary N) is 4. The minimum atomic E-state index is -2.42. The molecule has 2 aliphatic rings. The number of rotatable bonds is 13. The molecule has 316 valence electrons. The van der Waals surface area contributed by atoms with Gasteiger partial charge in [-0.2, -0.15) is 0 Å². The number of H-pyrrole nitrogens is 2. The normalized spacial score (nSPS) is 19.7. The zero-order chi connectivity index (χ0) is 43.2.